The fourth-order valence-electron chi connectivity index (χ4n) is 1.09. The zero-order valence-corrected chi connectivity index (χ0v) is 8.06. The van der Waals surface area contributed by atoms with E-state index < -0.39 is 35.8 Å². The van der Waals surface area contributed by atoms with Crippen LogP contribution in [0.1, 0.15) is 11.3 Å². The number of carbonyl (C=O) groups excluding carboxylic acids is 1. The van der Waals surface area contributed by atoms with Crippen LogP contribution in [0.4, 0.5) is 26.3 Å². The van der Waals surface area contributed by atoms with Crippen LogP contribution < -0.4 is 0 Å². The second-order valence-electron chi connectivity index (χ2n) is 3.09. The normalized spacial score (nSPS) is 12.6. The number of alkyl halides is 6. The molecule has 0 unspecified atom stereocenters. The topological polar surface area (TPSA) is 30.0 Å². The summed E-state index contributed by atoms with van der Waals surface area (Å²) in [5.41, 5.74) is -2.26. The first-order chi connectivity index (χ1) is 7.62. The lowest BCUT2D eigenvalue weighted by molar-refractivity contribution is -0.170. The van der Waals surface area contributed by atoms with Crippen LogP contribution in [-0.4, -0.2) is 16.9 Å². The van der Waals surface area contributed by atoms with Gasteiger partial charge in [-0.25, -0.2) is 0 Å². The molecule has 0 bridgehead atoms. The summed E-state index contributed by atoms with van der Waals surface area (Å²) < 4.78 is 72.8. The van der Waals surface area contributed by atoms with Crippen LogP contribution >= 0.6 is 0 Å². The Balaban J connectivity index is 3.04. The van der Waals surface area contributed by atoms with Crippen molar-refractivity contribution in [2.45, 2.75) is 18.8 Å². The zero-order chi connectivity index (χ0) is 13.3. The molecule has 1 aromatic rings. The highest BCUT2D eigenvalue weighted by atomic mass is 19.4. The summed E-state index contributed by atoms with van der Waals surface area (Å²) in [6.07, 6.45) is -10.5. The maximum absolute atomic E-state index is 12.4. The standard InChI is InChI=1S/C9H5F6NO/c10-8(11,12)5-2-1-3-16-6(5)4-7(17)9(13,14)15/h1-3H,4H2. The Morgan fingerprint density at radius 3 is 2.24 bits per heavy atom. The van der Waals surface area contributed by atoms with E-state index in [2.05, 4.69) is 4.98 Å². The predicted octanol–water partition coefficient (Wildman–Crippen LogP) is 2.77. The van der Waals surface area contributed by atoms with Crippen molar-refractivity contribution in [2.24, 2.45) is 0 Å². The second kappa shape index (κ2) is 4.34. The molecule has 2 nitrogen and oxygen atoms in total. The van der Waals surface area contributed by atoms with Gasteiger partial charge in [0.1, 0.15) is 0 Å². The Kier molecular flexibility index (Phi) is 3.44. The molecule has 0 N–H and O–H groups in total. The van der Waals surface area contributed by atoms with E-state index in [0.29, 0.717) is 6.07 Å². The predicted molar refractivity (Wildman–Crippen MR) is 44.0 cm³/mol. The Morgan fingerprint density at radius 2 is 1.76 bits per heavy atom. The van der Waals surface area contributed by atoms with Crippen molar-refractivity contribution in [1.29, 1.82) is 0 Å². The van der Waals surface area contributed by atoms with Crippen LogP contribution in [0.25, 0.3) is 0 Å². The number of Topliss-reactive ketones (excluding diaryl/α,β-unsaturated/α-hetero) is 1. The van der Waals surface area contributed by atoms with Gasteiger partial charge in [-0.15, -0.1) is 0 Å². The third-order valence-corrected chi connectivity index (χ3v) is 1.84. The maximum Gasteiger partial charge on any atom is 0.450 e. The smallest absolute Gasteiger partial charge is 0.289 e. The second-order valence-corrected chi connectivity index (χ2v) is 3.09. The van der Waals surface area contributed by atoms with E-state index >= 15 is 0 Å². The van der Waals surface area contributed by atoms with Gasteiger partial charge in [-0.05, 0) is 12.1 Å². The fourth-order valence-corrected chi connectivity index (χ4v) is 1.09. The summed E-state index contributed by atoms with van der Waals surface area (Å²) in [7, 11) is 0. The van der Waals surface area contributed by atoms with Crippen LogP contribution in [0.5, 0.6) is 0 Å². The van der Waals surface area contributed by atoms with E-state index in [1.54, 1.807) is 0 Å². The lowest BCUT2D eigenvalue weighted by Gasteiger charge is -2.11. The fraction of sp³-hybridized carbons (Fsp3) is 0.333. The molecule has 0 saturated carbocycles. The number of hydrogen-bond donors (Lipinski definition) is 0. The molecule has 0 aromatic carbocycles. The number of aromatic nitrogens is 1. The lowest BCUT2D eigenvalue weighted by atomic mass is 10.1. The Bertz CT molecular complexity index is 422. The number of hydrogen-bond acceptors (Lipinski definition) is 2. The summed E-state index contributed by atoms with van der Waals surface area (Å²) in [6.45, 7) is 0. The first-order valence-corrected chi connectivity index (χ1v) is 4.23. The highest BCUT2D eigenvalue weighted by Crippen LogP contribution is 2.32. The van der Waals surface area contributed by atoms with Gasteiger partial charge in [0.05, 0.1) is 17.7 Å². The molecule has 8 heteroatoms. The Labute approximate surface area is 91.3 Å². The SMILES string of the molecule is O=C(Cc1ncccc1C(F)(F)F)C(F)(F)F. The molecule has 0 spiro atoms. The number of nitrogens with zero attached hydrogens (tertiary/aromatic N) is 1. The van der Waals surface area contributed by atoms with E-state index in [4.69, 9.17) is 0 Å². The average Bonchev–Trinajstić information content (AvgIpc) is 2.15. The van der Waals surface area contributed by atoms with E-state index in [0.717, 1.165) is 12.3 Å². The molecule has 17 heavy (non-hydrogen) atoms. The molecule has 0 saturated heterocycles. The molecule has 1 aromatic heterocycles. The summed E-state index contributed by atoms with van der Waals surface area (Å²) in [5.74, 6) is -2.26. The molecule has 0 fully saturated rings. The van der Waals surface area contributed by atoms with Gasteiger partial charge in [-0.1, -0.05) is 0 Å². The number of halogens is 6. The van der Waals surface area contributed by atoms with Gasteiger partial charge in [-0.3, -0.25) is 9.78 Å². The van der Waals surface area contributed by atoms with Gasteiger partial charge in [0.2, 0.25) is 5.78 Å². The van der Waals surface area contributed by atoms with Gasteiger partial charge in [0, 0.05) is 6.20 Å². The van der Waals surface area contributed by atoms with Crippen molar-refractivity contribution in [3.05, 3.63) is 29.6 Å². The number of rotatable bonds is 2. The van der Waals surface area contributed by atoms with Crippen molar-refractivity contribution < 1.29 is 31.1 Å². The summed E-state index contributed by atoms with van der Waals surface area (Å²) >= 11 is 0. The molecule has 0 radical (unpaired) electrons. The maximum atomic E-state index is 12.4. The van der Waals surface area contributed by atoms with E-state index in [-0.39, 0.29) is 0 Å². The van der Waals surface area contributed by atoms with Crippen molar-refractivity contribution in [3.63, 3.8) is 0 Å². The minimum absolute atomic E-state index is 0.575. The molecule has 0 aliphatic rings. The molecule has 1 rings (SSSR count). The van der Waals surface area contributed by atoms with Crippen LogP contribution in [-0.2, 0) is 17.4 Å². The zero-order valence-electron chi connectivity index (χ0n) is 8.06. The first-order valence-electron chi connectivity index (χ1n) is 4.23. The third kappa shape index (κ3) is 3.43. The van der Waals surface area contributed by atoms with Crippen molar-refractivity contribution in [1.82, 2.24) is 4.98 Å². The molecule has 0 atom stereocenters. The highest BCUT2D eigenvalue weighted by Gasteiger charge is 2.41. The highest BCUT2D eigenvalue weighted by molar-refractivity contribution is 5.86. The molecule has 1 heterocycles. The summed E-state index contributed by atoms with van der Waals surface area (Å²) in [6, 6.07) is 1.51. The molecule has 0 aliphatic carbocycles. The number of ketones is 1. The summed E-state index contributed by atoms with van der Waals surface area (Å²) in [4.78, 5) is 13.7. The van der Waals surface area contributed by atoms with Gasteiger partial charge >= 0.3 is 12.4 Å². The van der Waals surface area contributed by atoms with E-state index in [1.165, 1.54) is 0 Å². The molecule has 0 amide bonds. The largest absolute Gasteiger partial charge is 0.450 e. The number of carbonyl (C=O) groups is 1. The molecule has 0 aliphatic heterocycles. The third-order valence-electron chi connectivity index (χ3n) is 1.84. The molecular weight excluding hydrogens is 252 g/mol. The monoisotopic (exact) mass is 257 g/mol. The van der Waals surface area contributed by atoms with Crippen LogP contribution in [0.2, 0.25) is 0 Å². The first kappa shape index (κ1) is 13.5. The van der Waals surface area contributed by atoms with Crippen molar-refractivity contribution in [3.8, 4) is 0 Å². The number of pyridine rings is 1. The van der Waals surface area contributed by atoms with Crippen molar-refractivity contribution >= 4 is 5.78 Å². The van der Waals surface area contributed by atoms with E-state index in [9.17, 15) is 31.1 Å². The van der Waals surface area contributed by atoms with Crippen LogP contribution in [0.15, 0.2) is 18.3 Å². The Morgan fingerprint density at radius 1 is 1.18 bits per heavy atom. The van der Waals surface area contributed by atoms with Gasteiger partial charge < -0.3 is 0 Å². The summed E-state index contributed by atoms with van der Waals surface area (Å²) in [5, 5.41) is 0. The average molecular weight is 257 g/mol. The van der Waals surface area contributed by atoms with Crippen molar-refractivity contribution in [2.75, 3.05) is 0 Å². The van der Waals surface area contributed by atoms with Crippen LogP contribution in [0, 0.1) is 0 Å². The van der Waals surface area contributed by atoms with E-state index in [1.807, 2.05) is 0 Å². The minimum Gasteiger partial charge on any atom is -0.289 e. The Hall–Kier alpha value is -1.60. The van der Waals surface area contributed by atoms with Crippen LogP contribution in [0.3, 0.4) is 0 Å². The lowest BCUT2D eigenvalue weighted by Crippen LogP contribution is -2.26. The quantitative estimate of drug-likeness (QED) is 0.762. The molecule has 94 valence electrons. The van der Waals surface area contributed by atoms with Gasteiger partial charge in [0.25, 0.3) is 0 Å². The van der Waals surface area contributed by atoms with Gasteiger partial charge in [-0.2, -0.15) is 26.3 Å². The minimum atomic E-state index is -5.17. The molecular formula is C9H5F6NO. The van der Waals surface area contributed by atoms with Gasteiger partial charge in [0.15, 0.2) is 0 Å².